The van der Waals surface area contributed by atoms with Crippen LogP contribution >= 0.6 is 0 Å². The fraction of sp³-hybridized carbons (Fsp3) is 0.533. The number of carbonyl (C=O) groups excluding carboxylic acids is 2. The van der Waals surface area contributed by atoms with E-state index in [2.05, 4.69) is 10.3 Å². The lowest BCUT2D eigenvalue weighted by atomic mass is 9.98. The Kier molecular flexibility index (Phi) is 5.27. The van der Waals surface area contributed by atoms with Gasteiger partial charge in [0.1, 0.15) is 5.82 Å². The van der Waals surface area contributed by atoms with Crippen LogP contribution in [0.2, 0.25) is 0 Å². The number of hydrogen-bond donors (Lipinski definition) is 2. The van der Waals surface area contributed by atoms with Gasteiger partial charge in [-0.1, -0.05) is 0 Å². The summed E-state index contributed by atoms with van der Waals surface area (Å²) >= 11 is 0. The van der Waals surface area contributed by atoms with Crippen molar-refractivity contribution in [3.8, 4) is 0 Å². The van der Waals surface area contributed by atoms with Crippen LogP contribution in [-0.4, -0.2) is 46.0 Å². The predicted octanol–water partition coefficient (Wildman–Crippen LogP) is 1.42. The molecule has 2 heterocycles. The molecule has 0 spiro atoms. The molecule has 6 nitrogen and oxygen atoms in total. The standard InChI is InChI=1S/C15H21N3O3/c1-11(20)17-14-10-12(5-7-16-14)15(21)18-8-3-2-4-13(18)6-9-19/h5,7,10,13,19H,2-4,6,8-9H2,1H3,(H,16,17,20). The summed E-state index contributed by atoms with van der Waals surface area (Å²) in [5.74, 6) is 0.0921. The molecule has 1 saturated heterocycles. The number of nitrogens with one attached hydrogen (secondary N) is 1. The number of likely N-dealkylation sites (tertiary alicyclic amines) is 1. The van der Waals surface area contributed by atoms with Gasteiger partial charge in [-0.25, -0.2) is 4.98 Å². The normalized spacial score (nSPS) is 18.4. The van der Waals surface area contributed by atoms with Crippen LogP contribution in [0.25, 0.3) is 0 Å². The van der Waals surface area contributed by atoms with E-state index in [1.54, 1.807) is 12.1 Å². The highest BCUT2D eigenvalue weighted by molar-refractivity contribution is 5.96. The second-order valence-corrected chi connectivity index (χ2v) is 5.27. The lowest BCUT2D eigenvalue weighted by molar-refractivity contribution is -0.114. The van der Waals surface area contributed by atoms with E-state index in [1.807, 2.05) is 4.90 Å². The first-order chi connectivity index (χ1) is 10.1. The number of amides is 2. The molecule has 1 aliphatic heterocycles. The molecule has 0 bridgehead atoms. The molecule has 1 fully saturated rings. The molecular weight excluding hydrogens is 270 g/mol. The molecular formula is C15H21N3O3. The lowest BCUT2D eigenvalue weighted by Gasteiger charge is -2.35. The van der Waals surface area contributed by atoms with Crippen molar-refractivity contribution >= 4 is 17.6 Å². The molecule has 2 rings (SSSR count). The molecule has 114 valence electrons. The van der Waals surface area contributed by atoms with Gasteiger partial charge in [0.15, 0.2) is 0 Å². The zero-order chi connectivity index (χ0) is 15.2. The number of rotatable bonds is 4. The molecule has 2 amide bonds. The summed E-state index contributed by atoms with van der Waals surface area (Å²) in [6.45, 7) is 2.20. The van der Waals surface area contributed by atoms with Gasteiger partial charge in [-0.05, 0) is 37.8 Å². The van der Waals surface area contributed by atoms with Crippen LogP contribution in [-0.2, 0) is 4.79 Å². The van der Waals surface area contributed by atoms with E-state index in [0.29, 0.717) is 24.3 Å². The molecule has 1 aromatic heterocycles. The van der Waals surface area contributed by atoms with Crippen molar-refractivity contribution in [3.63, 3.8) is 0 Å². The van der Waals surface area contributed by atoms with Crippen LogP contribution in [0.3, 0.4) is 0 Å². The number of aliphatic hydroxyl groups is 1. The van der Waals surface area contributed by atoms with Gasteiger partial charge in [-0.15, -0.1) is 0 Å². The van der Waals surface area contributed by atoms with Crippen LogP contribution in [0.5, 0.6) is 0 Å². The minimum absolute atomic E-state index is 0.0675. The van der Waals surface area contributed by atoms with Crippen molar-refractivity contribution < 1.29 is 14.7 Å². The first-order valence-corrected chi connectivity index (χ1v) is 7.27. The van der Waals surface area contributed by atoms with E-state index >= 15 is 0 Å². The molecule has 1 aromatic rings. The van der Waals surface area contributed by atoms with E-state index < -0.39 is 0 Å². The van der Waals surface area contributed by atoms with Crippen LogP contribution < -0.4 is 5.32 Å². The zero-order valence-electron chi connectivity index (χ0n) is 12.2. The van der Waals surface area contributed by atoms with Gasteiger partial charge in [0.2, 0.25) is 5.91 Å². The number of carbonyl (C=O) groups is 2. The molecule has 0 saturated carbocycles. The summed E-state index contributed by atoms with van der Waals surface area (Å²) in [5.41, 5.74) is 0.513. The maximum absolute atomic E-state index is 12.6. The maximum Gasteiger partial charge on any atom is 0.254 e. The third kappa shape index (κ3) is 4.01. The van der Waals surface area contributed by atoms with Crippen molar-refractivity contribution in [1.29, 1.82) is 0 Å². The van der Waals surface area contributed by atoms with Gasteiger partial charge in [-0.3, -0.25) is 9.59 Å². The van der Waals surface area contributed by atoms with Gasteiger partial charge in [0, 0.05) is 37.9 Å². The third-order valence-corrected chi connectivity index (χ3v) is 3.66. The molecule has 1 atom stereocenters. The monoisotopic (exact) mass is 291 g/mol. The molecule has 0 aliphatic carbocycles. The minimum Gasteiger partial charge on any atom is -0.396 e. The van der Waals surface area contributed by atoms with Crippen molar-refractivity contribution in [2.24, 2.45) is 0 Å². The van der Waals surface area contributed by atoms with Gasteiger partial charge in [0.05, 0.1) is 0 Å². The van der Waals surface area contributed by atoms with E-state index in [4.69, 9.17) is 5.11 Å². The van der Waals surface area contributed by atoms with E-state index in [1.165, 1.54) is 13.1 Å². The smallest absolute Gasteiger partial charge is 0.254 e. The second kappa shape index (κ2) is 7.17. The van der Waals surface area contributed by atoms with Crippen molar-refractivity contribution in [1.82, 2.24) is 9.88 Å². The Hall–Kier alpha value is -1.95. The molecule has 21 heavy (non-hydrogen) atoms. The van der Waals surface area contributed by atoms with Crippen molar-refractivity contribution in [2.75, 3.05) is 18.5 Å². The Balaban J connectivity index is 2.15. The van der Waals surface area contributed by atoms with Crippen LogP contribution in [0, 0.1) is 0 Å². The summed E-state index contributed by atoms with van der Waals surface area (Å²) in [6, 6.07) is 3.33. The predicted molar refractivity (Wildman–Crippen MR) is 78.9 cm³/mol. The van der Waals surface area contributed by atoms with Gasteiger partial charge < -0.3 is 15.3 Å². The first-order valence-electron chi connectivity index (χ1n) is 7.27. The third-order valence-electron chi connectivity index (χ3n) is 3.66. The summed E-state index contributed by atoms with van der Waals surface area (Å²) in [4.78, 5) is 29.5. The van der Waals surface area contributed by atoms with Gasteiger partial charge >= 0.3 is 0 Å². The lowest BCUT2D eigenvalue weighted by Crippen LogP contribution is -2.44. The SMILES string of the molecule is CC(=O)Nc1cc(C(=O)N2CCCCC2CCO)ccn1. The van der Waals surface area contributed by atoms with Gasteiger partial charge in [0.25, 0.3) is 5.91 Å². The Bertz CT molecular complexity index is 517. The number of anilines is 1. The Labute approximate surface area is 124 Å². The van der Waals surface area contributed by atoms with Crippen molar-refractivity contribution in [3.05, 3.63) is 23.9 Å². The minimum atomic E-state index is -0.219. The number of nitrogens with zero attached hydrogens (tertiary/aromatic N) is 2. The molecule has 1 aliphatic rings. The number of piperidine rings is 1. The van der Waals surface area contributed by atoms with E-state index in [9.17, 15) is 9.59 Å². The van der Waals surface area contributed by atoms with Crippen LogP contribution in [0.4, 0.5) is 5.82 Å². The fourth-order valence-corrected chi connectivity index (χ4v) is 2.70. The number of aliphatic hydroxyl groups excluding tert-OH is 1. The largest absolute Gasteiger partial charge is 0.396 e. The Morgan fingerprint density at radius 2 is 2.29 bits per heavy atom. The molecule has 6 heteroatoms. The molecule has 1 unspecified atom stereocenters. The number of pyridine rings is 1. The second-order valence-electron chi connectivity index (χ2n) is 5.27. The van der Waals surface area contributed by atoms with Crippen molar-refractivity contribution in [2.45, 2.75) is 38.6 Å². The highest BCUT2D eigenvalue weighted by atomic mass is 16.3. The number of aromatic nitrogens is 1. The number of hydrogen-bond acceptors (Lipinski definition) is 4. The topological polar surface area (TPSA) is 82.5 Å². The summed E-state index contributed by atoms with van der Waals surface area (Å²) in [5, 5.41) is 11.7. The summed E-state index contributed by atoms with van der Waals surface area (Å²) in [6.07, 6.45) is 5.12. The zero-order valence-corrected chi connectivity index (χ0v) is 12.2. The molecule has 0 aromatic carbocycles. The fourth-order valence-electron chi connectivity index (χ4n) is 2.70. The van der Waals surface area contributed by atoms with Crippen LogP contribution in [0.15, 0.2) is 18.3 Å². The maximum atomic E-state index is 12.6. The molecule has 2 N–H and O–H groups in total. The highest BCUT2D eigenvalue weighted by Crippen LogP contribution is 2.22. The first kappa shape index (κ1) is 15.4. The van der Waals surface area contributed by atoms with Gasteiger partial charge in [-0.2, -0.15) is 0 Å². The average Bonchev–Trinajstić information content (AvgIpc) is 2.47. The van der Waals surface area contributed by atoms with E-state index in [0.717, 1.165) is 19.3 Å². The Morgan fingerprint density at radius 1 is 1.48 bits per heavy atom. The summed E-state index contributed by atoms with van der Waals surface area (Å²) < 4.78 is 0. The molecule has 0 radical (unpaired) electrons. The highest BCUT2D eigenvalue weighted by Gasteiger charge is 2.27. The average molecular weight is 291 g/mol. The quantitative estimate of drug-likeness (QED) is 0.879. The van der Waals surface area contributed by atoms with Crippen LogP contribution in [0.1, 0.15) is 43.0 Å². The Morgan fingerprint density at radius 3 is 3.00 bits per heavy atom. The summed E-state index contributed by atoms with van der Waals surface area (Å²) in [7, 11) is 0. The van der Waals surface area contributed by atoms with E-state index in [-0.39, 0.29) is 24.5 Å².